The Morgan fingerprint density at radius 2 is 1.96 bits per heavy atom. The molecule has 0 bridgehead atoms. The minimum atomic E-state index is -0.256. The normalized spacial score (nSPS) is 11.7. The second-order valence-electron chi connectivity index (χ2n) is 6.47. The summed E-state index contributed by atoms with van der Waals surface area (Å²) in [4.78, 5) is 12.3. The molecule has 3 aromatic rings. The van der Waals surface area contributed by atoms with Crippen LogP contribution in [-0.4, -0.2) is 34.4 Å². The number of methoxy groups -OCH3 is 1. The number of aromatic nitrogens is 3. The molecule has 0 aliphatic carbocycles. The van der Waals surface area contributed by atoms with E-state index in [1.807, 2.05) is 30.3 Å². The first-order chi connectivity index (χ1) is 13.6. The first-order valence-corrected chi connectivity index (χ1v) is 9.16. The molecule has 146 valence electrons. The molecule has 3 rings (SSSR count). The largest absolute Gasteiger partial charge is 0.497 e. The molecule has 1 unspecified atom stereocenters. The monoisotopic (exact) mass is 380 g/mol. The van der Waals surface area contributed by atoms with E-state index >= 15 is 0 Å². The van der Waals surface area contributed by atoms with Crippen molar-refractivity contribution in [3.63, 3.8) is 0 Å². The summed E-state index contributed by atoms with van der Waals surface area (Å²) >= 11 is 0. The van der Waals surface area contributed by atoms with Gasteiger partial charge in [-0.1, -0.05) is 26.0 Å². The minimum Gasteiger partial charge on any atom is -0.497 e. The summed E-state index contributed by atoms with van der Waals surface area (Å²) < 4.78 is 12.7. The van der Waals surface area contributed by atoms with Crippen molar-refractivity contribution < 1.29 is 14.3 Å². The first kappa shape index (κ1) is 19.4. The number of anilines is 1. The highest BCUT2D eigenvalue weighted by Gasteiger charge is 2.13. The Balaban J connectivity index is 1.73. The zero-order valence-electron chi connectivity index (χ0n) is 16.3. The third-order valence-electron chi connectivity index (χ3n) is 4.57. The average molecular weight is 380 g/mol. The Morgan fingerprint density at radius 3 is 2.68 bits per heavy atom. The standard InChI is InChI=1S/C21H24N4O3/c1-4-15(2)16-8-9-20(19(10-16)25-13-22-23-14-25)28-12-21(26)24-17-6-5-7-18(11-17)27-3/h5-11,13-15H,4,12H2,1-3H3,(H,24,26). The molecule has 0 saturated heterocycles. The highest BCUT2D eigenvalue weighted by Crippen LogP contribution is 2.28. The Kier molecular flexibility index (Phi) is 6.26. The molecule has 7 nitrogen and oxygen atoms in total. The second-order valence-corrected chi connectivity index (χ2v) is 6.47. The van der Waals surface area contributed by atoms with Crippen LogP contribution in [0.4, 0.5) is 5.69 Å². The van der Waals surface area contributed by atoms with E-state index in [1.54, 1.807) is 36.5 Å². The van der Waals surface area contributed by atoms with Crippen molar-refractivity contribution in [1.29, 1.82) is 0 Å². The van der Waals surface area contributed by atoms with Gasteiger partial charge in [0, 0.05) is 11.8 Å². The maximum atomic E-state index is 12.3. The SMILES string of the molecule is CCC(C)c1ccc(OCC(=O)Nc2cccc(OC)c2)c(-n2cnnc2)c1. The zero-order chi connectivity index (χ0) is 19.9. The Hall–Kier alpha value is -3.35. The van der Waals surface area contributed by atoms with Crippen LogP contribution in [0.1, 0.15) is 31.7 Å². The summed E-state index contributed by atoms with van der Waals surface area (Å²) in [7, 11) is 1.58. The highest BCUT2D eigenvalue weighted by atomic mass is 16.5. The molecule has 0 aliphatic rings. The van der Waals surface area contributed by atoms with Crippen LogP contribution in [0.25, 0.3) is 5.69 Å². The average Bonchev–Trinajstić information content (AvgIpc) is 3.26. The fraction of sp³-hybridized carbons (Fsp3) is 0.286. The van der Waals surface area contributed by atoms with Gasteiger partial charge >= 0.3 is 0 Å². The van der Waals surface area contributed by atoms with E-state index in [1.165, 1.54) is 5.56 Å². The lowest BCUT2D eigenvalue weighted by molar-refractivity contribution is -0.118. The quantitative estimate of drug-likeness (QED) is 0.643. The van der Waals surface area contributed by atoms with Gasteiger partial charge in [-0.2, -0.15) is 0 Å². The van der Waals surface area contributed by atoms with Gasteiger partial charge in [0.1, 0.15) is 24.2 Å². The van der Waals surface area contributed by atoms with E-state index in [9.17, 15) is 4.79 Å². The first-order valence-electron chi connectivity index (χ1n) is 9.16. The number of hydrogen-bond acceptors (Lipinski definition) is 5. The van der Waals surface area contributed by atoms with Gasteiger partial charge in [0.2, 0.25) is 0 Å². The van der Waals surface area contributed by atoms with Gasteiger partial charge < -0.3 is 14.8 Å². The second kappa shape index (κ2) is 9.03. The number of rotatable bonds is 8. The number of amides is 1. The smallest absolute Gasteiger partial charge is 0.262 e. The number of nitrogens with one attached hydrogen (secondary N) is 1. The van der Waals surface area contributed by atoms with Gasteiger partial charge in [-0.3, -0.25) is 9.36 Å². The molecule has 1 N–H and O–H groups in total. The predicted molar refractivity (Wildman–Crippen MR) is 107 cm³/mol. The molecule has 0 spiro atoms. The third kappa shape index (κ3) is 4.68. The van der Waals surface area contributed by atoms with Gasteiger partial charge in [-0.05, 0) is 42.2 Å². The summed E-state index contributed by atoms with van der Waals surface area (Å²) in [5.74, 6) is 1.43. The van der Waals surface area contributed by atoms with Crippen LogP contribution in [0.15, 0.2) is 55.1 Å². The fourth-order valence-electron chi connectivity index (χ4n) is 2.77. The highest BCUT2D eigenvalue weighted by molar-refractivity contribution is 5.92. The molecule has 1 heterocycles. The molecule has 28 heavy (non-hydrogen) atoms. The summed E-state index contributed by atoms with van der Waals surface area (Å²) in [5, 5.41) is 10.5. The van der Waals surface area contributed by atoms with Crippen molar-refractivity contribution in [2.75, 3.05) is 19.0 Å². The van der Waals surface area contributed by atoms with Gasteiger partial charge in [0.25, 0.3) is 5.91 Å². The molecule has 0 aliphatic heterocycles. The summed E-state index contributed by atoms with van der Waals surface area (Å²) in [5.41, 5.74) is 2.65. The van der Waals surface area contributed by atoms with Crippen LogP contribution >= 0.6 is 0 Å². The lowest BCUT2D eigenvalue weighted by atomic mass is 9.98. The minimum absolute atomic E-state index is 0.116. The summed E-state index contributed by atoms with van der Waals surface area (Å²) in [6.45, 7) is 4.21. The van der Waals surface area contributed by atoms with E-state index in [0.717, 1.165) is 12.1 Å². The summed E-state index contributed by atoms with van der Waals surface area (Å²) in [6.07, 6.45) is 4.25. The molecule has 0 saturated carbocycles. The number of ether oxygens (including phenoxy) is 2. The van der Waals surface area contributed by atoms with Crippen molar-refractivity contribution in [3.05, 3.63) is 60.7 Å². The van der Waals surface area contributed by atoms with Crippen molar-refractivity contribution in [1.82, 2.24) is 14.8 Å². The maximum Gasteiger partial charge on any atom is 0.262 e. The summed E-state index contributed by atoms with van der Waals surface area (Å²) in [6, 6.07) is 13.1. The van der Waals surface area contributed by atoms with Gasteiger partial charge in [-0.15, -0.1) is 10.2 Å². The topological polar surface area (TPSA) is 78.3 Å². The van der Waals surface area contributed by atoms with Crippen LogP contribution in [0.5, 0.6) is 11.5 Å². The van der Waals surface area contributed by atoms with E-state index < -0.39 is 0 Å². The predicted octanol–water partition coefficient (Wildman–Crippen LogP) is 3.81. The molecule has 1 aromatic heterocycles. The van der Waals surface area contributed by atoms with Gasteiger partial charge in [0.05, 0.1) is 12.8 Å². The van der Waals surface area contributed by atoms with Crippen molar-refractivity contribution in [2.45, 2.75) is 26.2 Å². The lowest BCUT2D eigenvalue weighted by Crippen LogP contribution is -2.20. The molecule has 0 radical (unpaired) electrons. The number of nitrogens with zero attached hydrogens (tertiary/aromatic N) is 3. The van der Waals surface area contributed by atoms with E-state index in [0.29, 0.717) is 23.1 Å². The van der Waals surface area contributed by atoms with Crippen LogP contribution in [-0.2, 0) is 4.79 Å². The number of hydrogen-bond donors (Lipinski definition) is 1. The van der Waals surface area contributed by atoms with Crippen molar-refractivity contribution >= 4 is 11.6 Å². The van der Waals surface area contributed by atoms with E-state index in [4.69, 9.17) is 9.47 Å². The lowest BCUT2D eigenvalue weighted by Gasteiger charge is -2.16. The molecule has 1 amide bonds. The van der Waals surface area contributed by atoms with Crippen molar-refractivity contribution in [2.24, 2.45) is 0 Å². The number of carbonyl (C=O) groups excluding carboxylic acids is 1. The van der Waals surface area contributed by atoms with Crippen LogP contribution < -0.4 is 14.8 Å². The van der Waals surface area contributed by atoms with Crippen LogP contribution in [0.2, 0.25) is 0 Å². The fourth-order valence-corrected chi connectivity index (χ4v) is 2.77. The molecule has 1 atom stereocenters. The van der Waals surface area contributed by atoms with E-state index in [-0.39, 0.29) is 12.5 Å². The molecular weight excluding hydrogens is 356 g/mol. The molecular formula is C21H24N4O3. The van der Waals surface area contributed by atoms with Gasteiger partial charge in [0.15, 0.2) is 6.61 Å². The van der Waals surface area contributed by atoms with E-state index in [2.05, 4.69) is 29.4 Å². The van der Waals surface area contributed by atoms with Crippen LogP contribution in [0.3, 0.4) is 0 Å². The Morgan fingerprint density at radius 1 is 1.18 bits per heavy atom. The number of carbonyl (C=O) groups is 1. The third-order valence-corrected chi connectivity index (χ3v) is 4.57. The van der Waals surface area contributed by atoms with Gasteiger partial charge in [-0.25, -0.2) is 0 Å². The Bertz CT molecular complexity index is 925. The zero-order valence-corrected chi connectivity index (χ0v) is 16.3. The van der Waals surface area contributed by atoms with Crippen LogP contribution in [0, 0.1) is 0 Å². The number of benzene rings is 2. The van der Waals surface area contributed by atoms with Crippen molar-refractivity contribution in [3.8, 4) is 17.2 Å². The molecule has 0 fully saturated rings. The maximum absolute atomic E-state index is 12.3. The Labute approximate surface area is 164 Å². The molecule has 7 heteroatoms. The molecule has 2 aromatic carbocycles.